The van der Waals surface area contributed by atoms with Crippen molar-refractivity contribution in [2.24, 2.45) is 0 Å². The maximum atomic E-state index is 13.0. The normalized spacial score (nSPS) is 14.5. The average Bonchev–Trinajstić information content (AvgIpc) is 2.63. The zero-order valence-electron chi connectivity index (χ0n) is 14.3. The van der Waals surface area contributed by atoms with Gasteiger partial charge in [-0.3, -0.25) is 4.79 Å². The van der Waals surface area contributed by atoms with Gasteiger partial charge in [-0.2, -0.15) is 0 Å². The van der Waals surface area contributed by atoms with Crippen molar-refractivity contribution < 1.29 is 13.9 Å². The third kappa shape index (κ3) is 4.40. The summed E-state index contributed by atoms with van der Waals surface area (Å²) < 4.78 is 18.5. The van der Waals surface area contributed by atoms with Crippen LogP contribution in [0.5, 0.6) is 5.75 Å². The first kappa shape index (κ1) is 18.8. The summed E-state index contributed by atoms with van der Waals surface area (Å²) in [7, 11) is 0. The van der Waals surface area contributed by atoms with Crippen molar-refractivity contribution in [3.05, 3.63) is 57.8 Å². The van der Waals surface area contributed by atoms with Gasteiger partial charge in [0, 0.05) is 36.9 Å². The molecule has 2 aromatic rings. The number of rotatable bonds is 4. The predicted octanol–water partition coefficient (Wildman–Crippen LogP) is 4.17. The standard InChI is InChI=1S/C19H19Cl2FN2O2/c1-13-2-3-14(20)10-17(13)23-6-8-24(9-7-23)19(25)12-26-18-5-4-15(22)11-16(18)21/h2-5,10-11H,6-9,12H2,1H3. The molecule has 26 heavy (non-hydrogen) atoms. The number of benzene rings is 2. The maximum absolute atomic E-state index is 13.0. The van der Waals surface area contributed by atoms with Gasteiger partial charge in [-0.25, -0.2) is 4.39 Å². The second-order valence-corrected chi connectivity index (χ2v) is 7.01. The van der Waals surface area contributed by atoms with Crippen LogP contribution < -0.4 is 9.64 Å². The molecule has 0 unspecified atom stereocenters. The highest BCUT2D eigenvalue weighted by atomic mass is 35.5. The Morgan fingerprint density at radius 3 is 2.54 bits per heavy atom. The molecule has 7 heteroatoms. The van der Waals surface area contributed by atoms with Crippen LogP contribution in [-0.4, -0.2) is 43.6 Å². The number of nitrogens with zero attached hydrogens (tertiary/aromatic N) is 2. The lowest BCUT2D eigenvalue weighted by molar-refractivity contribution is -0.133. The topological polar surface area (TPSA) is 32.8 Å². The molecule has 0 radical (unpaired) electrons. The third-order valence-electron chi connectivity index (χ3n) is 4.39. The Morgan fingerprint density at radius 2 is 1.85 bits per heavy atom. The largest absolute Gasteiger partial charge is 0.482 e. The molecule has 2 aromatic carbocycles. The minimum Gasteiger partial charge on any atom is -0.482 e. The van der Waals surface area contributed by atoms with Crippen LogP contribution in [0.15, 0.2) is 36.4 Å². The zero-order valence-corrected chi connectivity index (χ0v) is 15.9. The first-order valence-electron chi connectivity index (χ1n) is 8.31. The van der Waals surface area contributed by atoms with Crippen LogP contribution >= 0.6 is 23.2 Å². The van der Waals surface area contributed by atoms with E-state index in [4.69, 9.17) is 27.9 Å². The maximum Gasteiger partial charge on any atom is 0.260 e. The molecule has 0 aromatic heterocycles. The summed E-state index contributed by atoms with van der Waals surface area (Å²) in [5.41, 5.74) is 2.25. The van der Waals surface area contributed by atoms with Crippen LogP contribution in [0.3, 0.4) is 0 Å². The van der Waals surface area contributed by atoms with E-state index < -0.39 is 5.82 Å². The number of amides is 1. The number of aryl methyl sites for hydroxylation is 1. The van der Waals surface area contributed by atoms with Crippen LogP contribution in [-0.2, 0) is 4.79 Å². The van der Waals surface area contributed by atoms with Gasteiger partial charge in [0.25, 0.3) is 5.91 Å². The van der Waals surface area contributed by atoms with Gasteiger partial charge in [0.15, 0.2) is 6.61 Å². The lowest BCUT2D eigenvalue weighted by Gasteiger charge is -2.36. The molecule has 0 saturated carbocycles. The van der Waals surface area contributed by atoms with E-state index in [1.165, 1.54) is 12.1 Å². The van der Waals surface area contributed by atoms with Crippen molar-refractivity contribution in [2.45, 2.75) is 6.92 Å². The Balaban J connectivity index is 1.54. The minimum atomic E-state index is -0.443. The predicted molar refractivity (Wildman–Crippen MR) is 102 cm³/mol. The molecule has 0 bridgehead atoms. The van der Waals surface area contributed by atoms with Gasteiger partial charge in [-0.1, -0.05) is 29.3 Å². The summed E-state index contributed by atoms with van der Waals surface area (Å²) in [4.78, 5) is 16.3. The second-order valence-electron chi connectivity index (χ2n) is 6.16. The van der Waals surface area contributed by atoms with Crippen molar-refractivity contribution in [2.75, 3.05) is 37.7 Å². The number of anilines is 1. The highest BCUT2D eigenvalue weighted by Gasteiger charge is 2.22. The van der Waals surface area contributed by atoms with E-state index in [1.807, 2.05) is 25.1 Å². The number of ether oxygens (including phenoxy) is 1. The van der Waals surface area contributed by atoms with Gasteiger partial charge >= 0.3 is 0 Å². The molecule has 1 amide bonds. The summed E-state index contributed by atoms with van der Waals surface area (Å²) in [5, 5.41) is 0.854. The van der Waals surface area contributed by atoms with Gasteiger partial charge in [-0.05, 0) is 42.8 Å². The van der Waals surface area contributed by atoms with E-state index in [0.29, 0.717) is 23.9 Å². The van der Waals surface area contributed by atoms with E-state index in [2.05, 4.69) is 4.90 Å². The summed E-state index contributed by atoms with van der Waals surface area (Å²) >= 11 is 12.0. The van der Waals surface area contributed by atoms with Crippen molar-refractivity contribution in [3.8, 4) is 5.75 Å². The van der Waals surface area contributed by atoms with Crippen LogP contribution in [0.1, 0.15) is 5.56 Å². The Kier molecular flexibility index (Phi) is 5.89. The van der Waals surface area contributed by atoms with Crippen molar-refractivity contribution in [1.29, 1.82) is 0 Å². The molecule has 0 N–H and O–H groups in total. The Labute approximate surface area is 162 Å². The number of hydrogen-bond donors (Lipinski definition) is 0. The quantitative estimate of drug-likeness (QED) is 0.777. The van der Waals surface area contributed by atoms with Gasteiger partial charge in [-0.15, -0.1) is 0 Å². The van der Waals surface area contributed by atoms with Crippen LogP contribution in [0.4, 0.5) is 10.1 Å². The Hall–Kier alpha value is -1.98. The third-order valence-corrected chi connectivity index (χ3v) is 4.92. The summed E-state index contributed by atoms with van der Waals surface area (Å²) in [5.74, 6) is -0.261. The molecule has 1 aliphatic heterocycles. The highest BCUT2D eigenvalue weighted by molar-refractivity contribution is 6.32. The monoisotopic (exact) mass is 396 g/mol. The van der Waals surface area contributed by atoms with Gasteiger partial charge in [0.1, 0.15) is 11.6 Å². The fourth-order valence-electron chi connectivity index (χ4n) is 2.94. The van der Waals surface area contributed by atoms with Gasteiger partial charge < -0.3 is 14.5 Å². The first-order valence-corrected chi connectivity index (χ1v) is 9.06. The number of halogens is 3. The smallest absolute Gasteiger partial charge is 0.260 e. The van der Waals surface area contributed by atoms with E-state index in [-0.39, 0.29) is 17.5 Å². The number of piperazine rings is 1. The van der Waals surface area contributed by atoms with Crippen LogP contribution in [0.25, 0.3) is 0 Å². The first-order chi connectivity index (χ1) is 12.4. The Morgan fingerprint density at radius 1 is 1.12 bits per heavy atom. The molecule has 3 rings (SSSR count). The lowest BCUT2D eigenvalue weighted by atomic mass is 10.1. The fraction of sp³-hybridized carbons (Fsp3) is 0.316. The second kappa shape index (κ2) is 8.14. The SMILES string of the molecule is Cc1ccc(Cl)cc1N1CCN(C(=O)COc2ccc(F)cc2Cl)CC1. The molecule has 4 nitrogen and oxygen atoms in total. The fourth-order valence-corrected chi connectivity index (χ4v) is 3.33. The molecule has 0 spiro atoms. The van der Waals surface area contributed by atoms with Crippen LogP contribution in [0.2, 0.25) is 10.0 Å². The minimum absolute atomic E-state index is 0.118. The summed E-state index contributed by atoms with van der Waals surface area (Å²) in [6, 6.07) is 9.65. The van der Waals surface area contributed by atoms with E-state index in [0.717, 1.165) is 30.4 Å². The zero-order chi connectivity index (χ0) is 18.7. The molecule has 1 saturated heterocycles. The molecular weight excluding hydrogens is 378 g/mol. The molecule has 138 valence electrons. The molecular formula is C19H19Cl2FN2O2. The molecule has 0 aliphatic carbocycles. The lowest BCUT2D eigenvalue weighted by Crippen LogP contribution is -2.50. The van der Waals surface area contributed by atoms with E-state index in [1.54, 1.807) is 4.90 Å². The number of hydrogen-bond acceptors (Lipinski definition) is 3. The van der Waals surface area contributed by atoms with Crippen molar-refractivity contribution >= 4 is 34.8 Å². The summed E-state index contributed by atoms with van der Waals surface area (Å²) in [6.45, 7) is 4.58. The molecule has 1 aliphatic rings. The van der Waals surface area contributed by atoms with Gasteiger partial charge in [0.05, 0.1) is 5.02 Å². The highest BCUT2D eigenvalue weighted by Crippen LogP contribution is 2.26. The van der Waals surface area contributed by atoms with E-state index in [9.17, 15) is 9.18 Å². The molecule has 1 fully saturated rings. The number of carbonyl (C=O) groups is 1. The summed E-state index contributed by atoms with van der Waals surface area (Å²) in [6.07, 6.45) is 0. The number of carbonyl (C=O) groups excluding carboxylic acids is 1. The van der Waals surface area contributed by atoms with Crippen molar-refractivity contribution in [3.63, 3.8) is 0 Å². The van der Waals surface area contributed by atoms with Crippen molar-refractivity contribution in [1.82, 2.24) is 4.90 Å². The van der Waals surface area contributed by atoms with Gasteiger partial charge in [0.2, 0.25) is 0 Å². The van der Waals surface area contributed by atoms with E-state index >= 15 is 0 Å². The Bertz CT molecular complexity index is 808. The van der Waals surface area contributed by atoms with Crippen LogP contribution in [0, 0.1) is 12.7 Å². The molecule has 1 heterocycles. The molecule has 0 atom stereocenters. The average molecular weight is 397 g/mol.